The van der Waals surface area contributed by atoms with Gasteiger partial charge in [-0.3, -0.25) is 0 Å². The second-order valence-electron chi connectivity index (χ2n) is 16.0. The molecule has 10 aromatic rings. The molecule has 3 heterocycles. The summed E-state index contributed by atoms with van der Waals surface area (Å²) in [5, 5.41) is 22.0. The van der Waals surface area contributed by atoms with Crippen LogP contribution in [-0.2, 0) is 0 Å². The van der Waals surface area contributed by atoms with Crippen LogP contribution in [0.2, 0.25) is 0 Å². The van der Waals surface area contributed by atoms with E-state index in [1.807, 2.05) is 0 Å². The molecule has 1 aromatic heterocycles. The van der Waals surface area contributed by atoms with Crippen molar-refractivity contribution in [2.45, 2.75) is 0 Å². The maximum atomic E-state index is 9.95. The van der Waals surface area contributed by atoms with Crippen LogP contribution in [0.5, 0.6) is 0 Å². The topological polar surface area (TPSA) is 86.3 Å². The van der Waals surface area contributed by atoms with Gasteiger partial charge in [-0.1, -0.05) is 84.9 Å². The van der Waals surface area contributed by atoms with Gasteiger partial charge in [0.15, 0.2) is 0 Å². The zero-order chi connectivity index (χ0) is 42.5. The third kappa shape index (κ3) is 4.96. The van der Waals surface area contributed by atoms with Gasteiger partial charge >= 0.3 is 0 Å². The molecule has 8 heteroatoms. The Hall–Kier alpha value is -9.24. The molecule has 0 saturated heterocycles. The van der Waals surface area contributed by atoms with Crippen molar-refractivity contribution in [1.82, 2.24) is 9.97 Å². The number of para-hydroxylation sites is 10. The van der Waals surface area contributed by atoms with Crippen molar-refractivity contribution in [3.8, 4) is 34.7 Å². The lowest BCUT2D eigenvalue weighted by molar-refractivity contribution is 1.16. The largest absolute Gasteiger partial charge is 0.306 e. The van der Waals surface area contributed by atoms with E-state index in [0.29, 0.717) is 11.0 Å². The van der Waals surface area contributed by atoms with Crippen molar-refractivity contribution >= 4 is 90.1 Å². The SMILES string of the molecule is N#Cc1cc2nc3c(nc2cc1C#N)-c1ccc(N2c4ccccc4N(c4ccccc4)c4ccccc42)c2c(N4c5ccccc5N(c5ccccc5)c5ccccc54)ccc-3c12. The molecule has 0 atom stereocenters. The maximum absolute atomic E-state index is 9.95. The molecular formula is C56H32N8. The third-order valence-electron chi connectivity index (χ3n) is 12.6. The highest BCUT2D eigenvalue weighted by Crippen LogP contribution is 2.61. The fraction of sp³-hybridized carbons (Fsp3) is 0. The van der Waals surface area contributed by atoms with Gasteiger partial charge < -0.3 is 19.6 Å². The number of hydrogen-bond donors (Lipinski definition) is 0. The average molecular weight is 817 g/mol. The smallest absolute Gasteiger partial charge is 0.101 e. The first-order valence-electron chi connectivity index (χ1n) is 21.1. The van der Waals surface area contributed by atoms with Crippen LogP contribution in [0.4, 0.5) is 68.2 Å². The predicted molar refractivity (Wildman–Crippen MR) is 257 cm³/mol. The minimum atomic E-state index is 0.279. The normalized spacial score (nSPS) is 12.8. The Balaban J connectivity index is 1.13. The summed E-state index contributed by atoms with van der Waals surface area (Å²) in [5.41, 5.74) is 17.6. The van der Waals surface area contributed by atoms with E-state index in [2.05, 4.69) is 214 Å². The van der Waals surface area contributed by atoms with E-state index in [9.17, 15) is 10.5 Å². The van der Waals surface area contributed by atoms with Crippen LogP contribution in [0.1, 0.15) is 11.1 Å². The van der Waals surface area contributed by atoms with E-state index in [4.69, 9.17) is 9.97 Å². The molecule has 8 nitrogen and oxygen atoms in total. The van der Waals surface area contributed by atoms with Crippen LogP contribution in [-0.4, -0.2) is 9.97 Å². The number of anilines is 12. The minimum Gasteiger partial charge on any atom is -0.306 e. The summed E-state index contributed by atoms with van der Waals surface area (Å²) in [6.45, 7) is 0. The molecule has 0 spiro atoms. The van der Waals surface area contributed by atoms with Gasteiger partial charge in [-0.05, 0) is 109 Å². The van der Waals surface area contributed by atoms with Crippen molar-refractivity contribution in [2.75, 3.05) is 19.6 Å². The molecule has 0 bridgehead atoms. The third-order valence-corrected chi connectivity index (χ3v) is 12.6. The fourth-order valence-corrected chi connectivity index (χ4v) is 10.0. The van der Waals surface area contributed by atoms with E-state index in [0.717, 1.165) is 102 Å². The monoisotopic (exact) mass is 816 g/mol. The predicted octanol–water partition coefficient (Wildman–Crippen LogP) is 14.7. The summed E-state index contributed by atoms with van der Waals surface area (Å²) in [6.07, 6.45) is 0. The molecule has 0 fully saturated rings. The molecular weight excluding hydrogens is 785 g/mol. The first-order chi connectivity index (χ1) is 31.7. The van der Waals surface area contributed by atoms with Crippen LogP contribution < -0.4 is 19.6 Å². The van der Waals surface area contributed by atoms with Crippen molar-refractivity contribution in [3.05, 3.63) is 205 Å². The average Bonchev–Trinajstić information content (AvgIpc) is 3.67. The second kappa shape index (κ2) is 13.6. The van der Waals surface area contributed by atoms with E-state index in [1.165, 1.54) is 0 Å². The molecule has 64 heavy (non-hydrogen) atoms. The van der Waals surface area contributed by atoms with Crippen molar-refractivity contribution in [3.63, 3.8) is 0 Å². The number of nitrogens with zero attached hydrogens (tertiary/aromatic N) is 8. The summed E-state index contributed by atoms with van der Waals surface area (Å²) in [6, 6.07) is 72.1. The van der Waals surface area contributed by atoms with Crippen LogP contribution in [0.25, 0.3) is 44.3 Å². The van der Waals surface area contributed by atoms with E-state index in [1.54, 1.807) is 12.1 Å². The van der Waals surface area contributed by atoms with E-state index < -0.39 is 0 Å². The quantitative estimate of drug-likeness (QED) is 0.174. The van der Waals surface area contributed by atoms with Crippen molar-refractivity contribution < 1.29 is 0 Å². The molecule has 3 aliphatic rings. The molecule has 296 valence electrons. The van der Waals surface area contributed by atoms with E-state index in [-0.39, 0.29) is 11.1 Å². The summed E-state index contributed by atoms with van der Waals surface area (Å²) in [7, 11) is 0. The molecule has 0 radical (unpaired) electrons. The van der Waals surface area contributed by atoms with Crippen LogP contribution in [0.3, 0.4) is 0 Å². The number of benzene rings is 9. The molecule has 2 aliphatic heterocycles. The van der Waals surface area contributed by atoms with Gasteiger partial charge in [-0.25, -0.2) is 9.97 Å². The Kier molecular flexibility index (Phi) is 7.57. The van der Waals surface area contributed by atoms with Crippen molar-refractivity contribution in [2.24, 2.45) is 0 Å². The Morgan fingerprint density at radius 3 is 0.953 bits per heavy atom. The Morgan fingerprint density at radius 2 is 0.625 bits per heavy atom. The number of fused-ring (bicyclic) bond motifs is 8. The molecule has 1 aliphatic carbocycles. The minimum absolute atomic E-state index is 0.279. The highest BCUT2D eigenvalue weighted by molar-refractivity contribution is 6.24. The zero-order valence-electron chi connectivity index (χ0n) is 34.1. The summed E-state index contributed by atoms with van der Waals surface area (Å²) in [5.74, 6) is 0. The summed E-state index contributed by atoms with van der Waals surface area (Å²) >= 11 is 0. The number of aromatic nitrogens is 2. The maximum Gasteiger partial charge on any atom is 0.101 e. The standard InChI is InChI=1S/C56H32N8/c57-33-35-31-41-42(32-36(35)34-58)60-56-40-28-30-52(64-49-25-13-9-21-45(49)62(38-17-5-2-6-18-38)46-22-10-14-26-50(46)64)54-51(29-27-39(53(40)54)55(56)59-41)63-47-23-11-7-19-43(47)61(37-15-3-1-4-16-37)44-20-8-12-24-48(44)63/h1-32H. The first-order valence-corrected chi connectivity index (χ1v) is 21.1. The van der Waals surface area contributed by atoms with Gasteiger partial charge in [0, 0.05) is 33.3 Å². The lowest BCUT2D eigenvalue weighted by atomic mass is 9.95. The van der Waals surface area contributed by atoms with Crippen LogP contribution in [0.15, 0.2) is 194 Å². The van der Waals surface area contributed by atoms with Gasteiger partial charge in [0.05, 0.1) is 90.4 Å². The Labute approximate surface area is 368 Å². The number of hydrogen-bond acceptors (Lipinski definition) is 8. The Morgan fingerprint density at radius 1 is 0.312 bits per heavy atom. The van der Waals surface area contributed by atoms with Gasteiger partial charge in [0.25, 0.3) is 0 Å². The van der Waals surface area contributed by atoms with Gasteiger partial charge in [0.2, 0.25) is 0 Å². The lowest BCUT2D eigenvalue weighted by Gasteiger charge is -2.42. The number of rotatable bonds is 4. The van der Waals surface area contributed by atoms with E-state index >= 15 is 0 Å². The highest BCUT2D eigenvalue weighted by Gasteiger charge is 2.37. The van der Waals surface area contributed by atoms with Gasteiger partial charge in [0.1, 0.15) is 12.1 Å². The fourth-order valence-electron chi connectivity index (χ4n) is 10.0. The molecule has 9 aromatic carbocycles. The van der Waals surface area contributed by atoms with Gasteiger partial charge in [-0.15, -0.1) is 0 Å². The van der Waals surface area contributed by atoms with Crippen LogP contribution in [0, 0.1) is 22.7 Å². The molecule has 13 rings (SSSR count). The zero-order valence-corrected chi connectivity index (χ0v) is 34.1. The molecule has 0 saturated carbocycles. The van der Waals surface area contributed by atoms with Crippen LogP contribution >= 0.6 is 0 Å². The summed E-state index contributed by atoms with van der Waals surface area (Å²) in [4.78, 5) is 20.0. The lowest BCUT2D eigenvalue weighted by Crippen LogP contribution is -2.25. The molecule has 0 N–H and O–H groups in total. The van der Waals surface area contributed by atoms with Crippen molar-refractivity contribution in [1.29, 1.82) is 10.5 Å². The first kappa shape index (κ1) is 35.5. The molecule has 0 unspecified atom stereocenters. The van der Waals surface area contributed by atoms with Gasteiger partial charge in [-0.2, -0.15) is 10.5 Å². The second-order valence-corrected chi connectivity index (χ2v) is 16.0. The summed E-state index contributed by atoms with van der Waals surface area (Å²) < 4.78 is 0. The number of nitriles is 2. The Bertz CT molecular complexity index is 3350. The highest BCUT2D eigenvalue weighted by atomic mass is 15.3. The molecule has 0 amide bonds.